The summed E-state index contributed by atoms with van der Waals surface area (Å²) < 4.78 is 0.860. The van der Waals surface area contributed by atoms with Crippen molar-refractivity contribution in [2.45, 2.75) is 6.42 Å². The molecule has 0 aliphatic carbocycles. The summed E-state index contributed by atoms with van der Waals surface area (Å²) in [4.78, 5) is 16.9. The topological polar surface area (TPSA) is 61.6 Å². The predicted octanol–water partition coefficient (Wildman–Crippen LogP) is 1.40. The standard InChI is InChI=1S/C15H23BrN4O/c1-19-7-9-20(10-8-19)6-2-5-18-15(21)13-11-12(16)3-4-14(13)17/h3-4,11H,2,5-10,17H2,1H3,(H,18,21). The number of likely N-dealkylation sites (N-methyl/N-ethyl adjacent to an activating group) is 1. The molecule has 0 atom stereocenters. The molecule has 0 radical (unpaired) electrons. The van der Waals surface area contributed by atoms with E-state index in [4.69, 9.17) is 5.73 Å². The first-order valence-electron chi connectivity index (χ1n) is 7.30. The van der Waals surface area contributed by atoms with Gasteiger partial charge in [0.15, 0.2) is 0 Å². The van der Waals surface area contributed by atoms with Gasteiger partial charge in [-0.1, -0.05) is 15.9 Å². The fraction of sp³-hybridized carbons (Fsp3) is 0.533. The molecule has 116 valence electrons. The van der Waals surface area contributed by atoms with Gasteiger partial charge in [-0.3, -0.25) is 4.79 Å². The summed E-state index contributed by atoms with van der Waals surface area (Å²) in [5.41, 5.74) is 6.87. The summed E-state index contributed by atoms with van der Waals surface area (Å²) in [5.74, 6) is -0.104. The first-order chi connectivity index (χ1) is 10.1. The van der Waals surface area contributed by atoms with Crippen molar-refractivity contribution >= 4 is 27.5 Å². The molecular formula is C15H23BrN4O. The lowest BCUT2D eigenvalue weighted by molar-refractivity contribution is 0.0950. The van der Waals surface area contributed by atoms with Crippen LogP contribution in [0.5, 0.6) is 0 Å². The van der Waals surface area contributed by atoms with Crippen molar-refractivity contribution < 1.29 is 4.79 Å². The highest BCUT2D eigenvalue weighted by atomic mass is 79.9. The number of nitrogen functional groups attached to an aromatic ring is 1. The van der Waals surface area contributed by atoms with Crippen molar-refractivity contribution in [2.75, 3.05) is 52.0 Å². The first kappa shape index (κ1) is 16.3. The Balaban J connectivity index is 1.71. The zero-order valence-electron chi connectivity index (χ0n) is 12.4. The number of rotatable bonds is 5. The molecular weight excluding hydrogens is 332 g/mol. The van der Waals surface area contributed by atoms with Crippen LogP contribution in [0.25, 0.3) is 0 Å². The third-order valence-corrected chi connectivity index (χ3v) is 4.29. The monoisotopic (exact) mass is 354 g/mol. The minimum atomic E-state index is -0.104. The SMILES string of the molecule is CN1CCN(CCCNC(=O)c2cc(Br)ccc2N)CC1. The smallest absolute Gasteiger partial charge is 0.253 e. The molecule has 0 unspecified atom stereocenters. The molecule has 1 saturated heterocycles. The van der Waals surface area contributed by atoms with Gasteiger partial charge in [-0.25, -0.2) is 0 Å². The van der Waals surface area contributed by atoms with Crippen molar-refractivity contribution in [3.8, 4) is 0 Å². The number of anilines is 1. The van der Waals surface area contributed by atoms with Crippen LogP contribution in [0.2, 0.25) is 0 Å². The maximum Gasteiger partial charge on any atom is 0.253 e. The van der Waals surface area contributed by atoms with Gasteiger partial charge >= 0.3 is 0 Å². The second-order valence-corrected chi connectivity index (χ2v) is 6.40. The number of carbonyl (C=O) groups is 1. The van der Waals surface area contributed by atoms with E-state index in [1.165, 1.54) is 0 Å². The van der Waals surface area contributed by atoms with Crippen LogP contribution in [-0.2, 0) is 0 Å². The summed E-state index contributed by atoms with van der Waals surface area (Å²) >= 11 is 3.36. The summed E-state index contributed by atoms with van der Waals surface area (Å²) in [7, 11) is 2.15. The van der Waals surface area contributed by atoms with Gasteiger partial charge in [-0.2, -0.15) is 0 Å². The van der Waals surface area contributed by atoms with Crippen LogP contribution in [0.15, 0.2) is 22.7 Å². The van der Waals surface area contributed by atoms with E-state index in [-0.39, 0.29) is 5.91 Å². The van der Waals surface area contributed by atoms with Crippen LogP contribution < -0.4 is 11.1 Å². The number of halogens is 1. The van der Waals surface area contributed by atoms with Gasteiger partial charge in [0.05, 0.1) is 5.56 Å². The highest BCUT2D eigenvalue weighted by Crippen LogP contribution is 2.18. The molecule has 1 aromatic rings. The molecule has 3 N–H and O–H groups in total. The quantitative estimate of drug-likeness (QED) is 0.619. The van der Waals surface area contributed by atoms with Gasteiger partial charge < -0.3 is 20.9 Å². The van der Waals surface area contributed by atoms with E-state index >= 15 is 0 Å². The molecule has 2 rings (SSSR count). The Morgan fingerprint density at radius 3 is 2.76 bits per heavy atom. The molecule has 6 heteroatoms. The number of nitrogens with two attached hydrogens (primary N) is 1. The summed E-state index contributed by atoms with van der Waals surface area (Å²) in [6.45, 7) is 6.19. The van der Waals surface area contributed by atoms with Crippen molar-refractivity contribution in [1.29, 1.82) is 0 Å². The number of nitrogens with one attached hydrogen (secondary N) is 1. The Morgan fingerprint density at radius 1 is 1.33 bits per heavy atom. The minimum Gasteiger partial charge on any atom is -0.398 e. The van der Waals surface area contributed by atoms with Crippen LogP contribution in [-0.4, -0.2) is 62.0 Å². The molecule has 1 heterocycles. The molecule has 1 aromatic carbocycles. The third kappa shape index (κ3) is 4.98. The summed E-state index contributed by atoms with van der Waals surface area (Å²) in [6, 6.07) is 5.33. The number of piperazine rings is 1. The van der Waals surface area contributed by atoms with Crippen molar-refractivity contribution in [2.24, 2.45) is 0 Å². The average Bonchev–Trinajstić information content (AvgIpc) is 2.47. The molecule has 5 nitrogen and oxygen atoms in total. The van der Waals surface area contributed by atoms with E-state index < -0.39 is 0 Å². The number of amides is 1. The summed E-state index contributed by atoms with van der Waals surface area (Å²) in [5, 5.41) is 2.94. The number of carbonyl (C=O) groups excluding carboxylic acids is 1. The van der Waals surface area contributed by atoms with E-state index in [1.54, 1.807) is 12.1 Å². The van der Waals surface area contributed by atoms with Gasteiger partial charge in [0.25, 0.3) is 5.91 Å². The van der Waals surface area contributed by atoms with Crippen LogP contribution in [0.1, 0.15) is 16.8 Å². The van der Waals surface area contributed by atoms with Gasteiger partial charge in [-0.05, 0) is 38.2 Å². The first-order valence-corrected chi connectivity index (χ1v) is 8.09. The molecule has 0 bridgehead atoms. The number of hydrogen-bond donors (Lipinski definition) is 2. The predicted molar refractivity (Wildman–Crippen MR) is 89.4 cm³/mol. The van der Waals surface area contributed by atoms with Gasteiger partial charge in [0.1, 0.15) is 0 Å². The largest absolute Gasteiger partial charge is 0.398 e. The fourth-order valence-corrected chi connectivity index (χ4v) is 2.76. The van der Waals surface area contributed by atoms with Crippen molar-refractivity contribution in [3.63, 3.8) is 0 Å². The molecule has 1 amide bonds. The Morgan fingerprint density at radius 2 is 2.05 bits per heavy atom. The maximum absolute atomic E-state index is 12.1. The number of nitrogens with zero attached hydrogens (tertiary/aromatic N) is 2. The molecule has 1 fully saturated rings. The van der Waals surface area contributed by atoms with Gasteiger partial charge in [-0.15, -0.1) is 0 Å². The maximum atomic E-state index is 12.1. The zero-order chi connectivity index (χ0) is 15.2. The Bertz CT molecular complexity index is 487. The normalized spacial score (nSPS) is 16.9. The molecule has 1 aliphatic heterocycles. The van der Waals surface area contributed by atoms with E-state index in [0.29, 0.717) is 17.8 Å². The fourth-order valence-electron chi connectivity index (χ4n) is 2.40. The van der Waals surface area contributed by atoms with Crippen molar-refractivity contribution in [1.82, 2.24) is 15.1 Å². The molecule has 1 aliphatic rings. The average molecular weight is 355 g/mol. The highest BCUT2D eigenvalue weighted by molar-refractivity contribution is 9.10. The Hall–Kier alpha value is -1.11. The third-order valence-electron chi connectivity index (χ3n) is 3.79. The molecule has 0 saturated carbocycles. The van der Waals surface area contributed by atoms with E-state index in [0.717, 1.165) is 43.6 Å². The second-order valence-electron chi connectivity index (χ2n) is 5.49. The van der Waals surface area contributed by atoms with Crippen LogP contribution in [0.3, 0.4) is 0 Å². The van der Waals surface area contributed by atoms with Gasteiger partial charge in [0.2, 0.25) is 0 Å². The molecule has 0 spiro atoms. The van der Waals surface area contributed by atoms with E-state index in [9.17, 15) is 4.79 Å². The molecule has 0 aromatic heterocycles. The lowest BCUT2D eigenvalue weighted by Gasteiger charge is -2.32. The number of hydrogen-bond acceptors (Lipinski definition) is 4. The minimum absolute atomic E-state index is 0.104. The summed E-state index contributed by atoms with van der Waals surface area (Å²) in [6.07, 6.45) is 0.962. The van der Waals surface area contributed by atoms with E-state index in [1.807, 2.05) is 6.07 Å². The van der Waals surface area contributed by atoms with Gasteiger partial charge in [0, 0.05) is 42.9 Å². The molecule has 21 heavy (non-hydrogen) atoms. The number of benzene rings is 1. The second kappa shape index (κ2) is 7.77. The Kier molecular flexibility index (Phi) is 6.02. The van der Waals surface area contributed by atoms with Crippen LogP contribution >= 0.6 is 15.9 Å². The lowest BCUT2D eigenvalue weighted by Crippen LogP contribution is -2.45. The lowest BCUT2D eigenvalue weighted by atomic mass is 10.1. The highest BCUT2D eigenvalue weighted by Gasteiger charge is 2.13. The van der Waals surface area contributed by atoms with E-state index in [2.05, 4.69) is 38.1 Å². The van der Waals surface area contributed by atoms with Crippen molar-refractivity contribution in [3.05, 3.63) is 28.2 Å². The van der Waals surface area contributed by atoms with Crippen LogP contribution in [0, 0.1) is 0 Å². The Labute approximate surface area is 134 Å². The van der Waals surface area contributed by atoms with Crippen LogP contribution in [0.4, 0.5) is 5.69 Å². The zero-order valence-corrected chi connectivity index (χ0v) is 14.0.